The predicted octanol–water partition coefficient (Wildman–Crippen LogP) is 9.54. The lowest BCUT2D eigenvalue weighted by Gasteiger charge is -2.57. The summed E-state index contributed by atoms with van der Waals surface area (Å²) in [7, 11) is 0. The maximum absolute atomic E-state index is 12.3. The molecule has 1 heterocycles. The summed E-state index contributed by atoms with van der Waals surface area (Å²) in [5, 5.41) is 28.3. The zero-order chi connectivity index (χ0) is 36.9. The Bertz CT molecular complexity index is 1500. The molecular weight excluding hydrogens is 651 g/mol. The number of hydrogen-bond acceptors (Lipinski definition) is 5. The Kier molecular flexibility index (Phi) is 9.14. The molecule has 1 aliphatic heterocycles. The van der Waals surface area contributed by atoms with E-state index in [1.807, 2.05) is 0 Å². The van der Waals surface area contributed by atoms with Gasteiger partial charge in [0.25, 0.3) is 0 Å². The molecule has 53 heavy (non-hydrogen) atoms. The largest absolute Gasteiger partial charge is 0.507 e. The third kappa shape index (κ3) is 6.90. The van der Waals surface area contributed by atoms with E-state index in [1.165, 1.54) is 99.3 Å². The Morgan fingerprint density at radius 1 is 0.528 bits per heavy atom. The second-order valence-corrected chi connectivity index (χ2v) is 22.3. The minimum absolute atomic E-state index is 0.0320. The molecular formula is C48H71N3O2. The van der Waals surface area contributed by atoms with Crippen LogP contribution in [-0.4, -0.2) is 59.3 Å². The fourth-order valence-corrected chi connectivity index (χ4v) is 14.1. The first kappa shape index (κ1) is 36.6. The highest BCUT2D eigenvalue weighted by molar-refractivity contribution is 5.52. The van der Waals surface area contributed by atoms with Crippen LogP contribution in [0, 0.1) is 35.5 Å². The van der Waals surface area contributed by atoms with Crippen molar-refractivity contribution in [2.45, 2.75) is 153 Å². The number of nitrogens with zero attached hydrogens (tertiary/aromatic N) is 2. The number of aromatic hydroxyl groups is 2. The number of phenolic OH excluding ortho intramolecular Hbond substituents is 2. The predicted molar refractivity (Wildman–Crippen MR) is 217 cm³/mol. The van der Waals surface area contributed by atoms with Gasteiger partial charge in [0.1, 0.15) is 11.5 Å². The Morgan fingerprint density at radius 2 is 0.849 bits per heavy atom. The van der Waals surface area contributed by atoms with Crippen molar-refractivity contribution in [3.05, 3.63) is 57.6 Å². The van der Waals surface area contributed by atoms with E-state index >= 15 is 0 Å². The van der Waals surface area contributed by atoms with Gasteiger partial charge in [0.05, 0.1) is 0 Å². The molecule has 5 nitrogen and oxygen atoms in total. The normalized spacial score (nSPS) is 36.1. The van der Waals surface area contributed by atoms with E-state index in [0.717, 1.165) is 99.0 Å². The number of rotatable bonds is 6. The lowest BCUT2D eigenvalue weighted by molar-refractivity contribution is -0.00644. The van der Waals surface area contributed by atoms with Crippen molar-refractivity contribution in [1.82, 2.24) is 15.1 Å². The van der Waals surface area contributed by atoms with Crippen LogP contribution in [0.2, 0.25) is 0 Å². The highest BCUT2D eigenvalue weighted by atomic mass is 16.3. The van der Waals surface area contributed by atoms with Gasteiger partial charge in [-0.25, -0.2) is 0 Å². The average molecular weight is 722 g/mol. The quantitative estimate of drug-likeness (QED) is 0.278. The second kappa shape index (κ2) is 13.3. The van der Waals surface area contributed by atoms with Gasteiger partial charge >= 0.3 is 0 Å². The molecule has 2 aromatic rings. The molecule has 1 saturated heterocycles. The lowest BCUT2D eigenvalue weighted by Crippen LogP contribution is -2.48. The van der Waals surface area contributed by atoms with E-state index in [9.17, 15) is 10.2 Å². The molecule has 290 valence electrons. The Balaban J connectivity index is 0.977. The molecule has 2 aromatic carbocycles. The first-order valence-corrected chi connectivity index (χ1v) is 22.0. The third-order valence-electron chi connectivity index (χ3n) is 16.1. The zero-order valence-electron chi connectivity index (χ0n) is 34.2. The number of benzene rings is 2. The Labute approximate surface area is 321 Å². The highest BCUT2D eigenvalue weighted by Crippen LogP contribution is 2.64. The van der Waals surface area contributed by atoms with Crippen molar-refractivity contribution in [1.29, 1.82) is 0 Å². The van der Waals surface area contributed by atoms with Gasteiger partial charge in [0, 0.05) is 74.6 Å². The molecule has 0 unspecified atom stereocenters. The van der Waals surface area contributed by atoms with Gasteiger partial charge in [0.15, 0.2) is 0 Å². The zero-order valence-corrected chi connectivity index (χ0v) is 34.2. The van der Waals surface area contributed by atoms with E-state index in [4.69, 9.17) is 0 Å². The fourth-order valence-electron chi connectivity index (χ4n) is 14.1. The van der Waals surface area contributed by atoms with Gasteiger partial charge in [-0.2, -0.15) is 0 Å². The molecule has 9 aliphatic rings. The molecule has 8 bridgehead atoms. The molecule has 0 aromatic heterocycles. The highest BCUT2D eigenvalue weighted by Gasteiger charge is 2.54. The summed E-state index contributed by atoms with van der Waals surface area (Å²) in [5.74, 6) is 6.31. The van der Waals surface area contributed by atoms with Crippen LogP contribution in [0.25, 0.3) is 0 Å². The first-order valence-electron chi connectivity index (χ1n) is 22.0. The van der Waals surface area contributed by atoms with Gasteiger partial charge in [-0.1, -0.05) is 65.8 Å². The lowest BCUT2D eigenvalue weighted by atomic mass is 9.47. The van der Waals surface area contributed by atoms with Crippen molar-refractivity contribution < 1.29 is 10.2 Å². The standard InChI is InChI=1S/C48H71N3O2/c1-45(2,3)39-19-37(43(52)41(21-39)47-23-31-13-32(24-47)15-33(14-31)25-47)29-50-9-7-49-8-10-51(12-11-50)30-38-20-40(46(4,5)6)22-42(44(38)53)48-26-34-16-35(27-48)18-36(17-34)28-48/h19-22,31-36,49,52-53H,7-18,23-30H2,1-6H3. The summed E-state index contributed by atoms with van der Waals surface area (Å²) in [6, 6.07) is 9.56. The van der Waals surface area contributed by atoms with Crippen LogP contribution in [0.1, 0.15) is 152 Å². The minimum Gasteiger partial charge on any atom is -0.507 e. The van der Waals surface area contributed by atoms with Crippen molar-refractivity contribution in [2.24, 2.45) is 35.5 Å². The van der Waals surface area contributed by atoms with Crippen LogP contribution >= 0.6 is 0 Å². The summed E-state index contributed by atoms with van der Waals surface area (Å²) in [5.41, 5.74) is 7.98. The Morgan fingerprint density at radius 3 is 1.15 bits per heavy atom. The van der Waals surface area contributed by atoms with Crippen LogP contribution in [0.5, 0.6) is 11.5 Å². The third-order valence-corrected chi connectivity index (χ3v) is 16.1. The molecule has 0 radical (unpaired) electrons. The fraction of sp³-hybridized carbons (Fsp3) is 0.750. The van der Waals surface area contributed by atoms with Crippen LogP contribution < -0.4 is 5.32 Å². The van der Waals surface area contributed by atoms with Crippen molar-refractivity contribution in [3.8, 4) is 11.5 Å². The number of hydrogen-bond donors (Lipinski definition) is 3. The van der Waals surface area contributed by atoms with E-state index < -0.39 is 0 Å². The monoisotopic (exact) mass is 722 g/mol. The minimum atomic E-state index is 0.0320. The van der Waals surface area contributed by atoms with Crippen LogP contribution in [0.3, 0.4) is 0 Å². The van der Waals surface area contributed by atoms with Gasteiger partial charge in [-0.05, 0) is 145 Å². The van der Waals surface area contributed by atoms with Gasteiger partial charge in [-0.15, -0.1) is 0 Å². The van der Waals surface area contributed by atoms with Gasteiger partial charge in [-0.3, -0.25) is 9.80 Å². The SMILES string of the molecule is CC(C)(C)c1cc(CN2CCNCCN(Cc3cc(C(C)(C)C)cc(C45CC6CC(CC(C6)C4)C5)c3O)CC2)c(O)c(C23CC4CC(CC(C4)C2)C3)c1. The molecule has 5 heteroatoms. The second-order valence-electron chi connectivity index (χ2n) is 22.3. The molecule has 0 amide bonds. The summed E-state index contributed by atoms with van der Waals surface area (Å²) >= 11 is 0. The molecule has 0 atom stereocenters. The van der Waals surface area contributed by atoms with E-state index in [1.54, 1.807) is 0 Å². The van der Waals surface area contributed by atoms with Crippen LogP contribution in [0.4, 0.5) is 0 Å². The van der Waals surface area contributed by atoms with Crippen LogP contribution in [0.15, 0.2) is 24.3 Å². The van der Waals surface area contributed by atoms with Gasteiger partial charge < -0.3 is 15.5 Å². The van der Waals surface area contributed by atoms with E-state index in [-0.39, 0.29) is 21.7 Å². The van der Waals surface area contributed by atoms with E-state index in [0.29, 0.717) is 11.5 Å². The summed E-state index contributed by atoms with van der Waals surface area (Å²) < 4.78 is 0. The maximum atomic E-state index is 12.3. The number of phenols is 2. The summed E-state index contributed by atoms with van der Waals surface area (Å²) in [6.45, 7) is 21.4. The van der Waals surface area contributed by atoms with Crippen molar-refractivity contribution >= 4 is 0 Å². The molecule has 3 N–H and O–H groups in total. The summed E-state index contributed by atoms with van der Waals surface area (Å²) in [6.07, 6.45) is 16.2. The topological polar surface area (TPSA) is 59.0 Å². The molecule has 0 spiro atoms. The van der Waals surface area contributed by atoms with Crippen LogP contribution in [-0.2, 0) is 34.7 Å². The molecule has 8 saturated carbocycles. The average Bonchev–Trinajstić information content (AvgIpc) is 3.16. The van der Waals surface area contributed by atoms with Gasteiger partial charge in [0.2, 0.25) is 0 Å². The Hall–Kier alpha value is -2.08. The maximum Gasteiger partial charge on any atom is 0.123 e. The molecule has 9 fully saturated rings. The van der Waals surface area contributed by atoms with E-state index in [2.05, 4.69) is 80.9 Å². The molecule has 11 rings (SSSR count). The smallest absolute Gasteiger partial charge is 0.123 e. The number of nitrogens with one attached hydrogen (secondary N) is 1. The first-order chi connectivity index (χ1) is 25.1. The van der Waals surface area contributed by atoms with Crippen molar-refractivity contribution in [3.63, 3.8) is 0 Å². The summed E-state index contributed by atoms with van der Waals surface area (Å²) in [4.78, 5) is 5.17. The van der Waals surface area contributed by atoms with Crippen molar-refractivity contribution in [2.75, 3.05) is 39.3 Å². The molecule has 8 aliphatic carbocycles.